The number of nitrogens with one attached hydrogen (secondary N) is 1. The molecule has 0 fully saturated rings. The van der Waals surface area contributed by atoms with Crippen LogP contribution in [0.4, 0.5) is 10.3 Å². The van der Waals surface area contributed by atoms with Gasteiger partial charge in [0.1, 0.15) is 23.4 Å². The van der Waals surface area contributed by atoms with Gasteiger partial charge in [0.2, 0.25) is 11.9 Å². The van der Waals surface area contributed by atoms with Crippen molar-refractivity contribution >= 4 is 11.9 Å². The lowest BCUT2D eigenvalue weighted by molar-refractivity contribution is -0.115. The minimum atomic E-state index is -0.853. The van der Waals surface area contributed by atoms with E-state index in [4.69, 9.17) is 15.2 Å². The number of nitrogens with two attached hydrogens (primary N) is 1. The number of nitrogens with zero attached hydrogens (tertiary/aromatic N) is 3. The Bertz CT molecular complexity index is 1150. The first kappa shape index (κ1) is 19.4. The summed E-state index contributed by atoms with van der Waals surface area (Å²) < 4.78 is 26.8. The third-order valence-electron chi connectivity index (χ3n) is 4.93. The number of carbonyl (C=O) groups is 1. The van der Waals surface area contributed by atoms with Crippen molar-refractivity contribution in [1.29, 1.82) is 0 Å². The molecule has 1 unspecified atom stereocenters. The molecule has 1 amide bonds. The first-order valence-corrected chi connectivity index (χ1v) is 9.15. The van der Waals surface area contributed by atoms with Crippen LogP contribution in [0.15, 0.2) is 53.7 Å². The van der Waals surface area contributed by atoms with E-state index < -0.39 is 17.8 Å². The number of carbonyl (C=O) groups excluding carboxylic acids is 1. The summed E-state index contributed by atoms with van der Waals surface area (Å²) in [4.78, 5) is 16.8. The van der Waals surface area contributed by atoms with Crippen molar-refractivity contribution in [3.63, 3.8) is 0 Å². The second-order valence-electron chi connectivity index (χ2n) is 6.76. The average Bonchev–Trinajstić information content (AvgIpc) is 3.16. The van der Waals surface area contributed by atoms with Crippen LogP contribution < -0.4 is 20.5 Å². The Morgan fingerprint density at radius 1 is 1.17 bits per heavy atom. The number of rotatable bonds is 5. The molecule has 1 atom stereocenters. The van der Waals surface area contributed by atoms with Crippen LogP contribution in [0.5, 0.6) is 11.5 Å². The lowest BCUT2D eigenvalue weighted by atomic mass is 9.95. The molecule has 30 heavy (non-hydrogen) atoms. The largest absolute Gasteiger partial charge is 0.497 e. The maximum Gasteiger partial charge on any atom is 0.248 e. The number of halogens is 1. The number of aromatic nitrogens is 3. The molecule has 0 spiro atoms. The summed E-state index contributed by atoms with van der Waals surface area (Å²) in [5.74, 6) is 0.726. The molecule has 1 aliphatic heterocycles. The van der Waals surface area contributed by atoms with E-state index >= 15 is 0 Å². The SMILES string of the molecule is COc1cc(OC)cc(-c2nc3n(n2)C(c2ccccc2F)C(C(N)=O)=C(C)N3)c1. The Hall–Kier alpha value is -3.88. The van der Waals surface area contributed by atoms with Crippen LogP contribution in [0.1, 0.15) is 18.5 Å². The molecule has 0 radical (unpaired) electrons. The predicted molar refractivity (Wildman–Crippen MR) is 109 cm³/mol. The van der Waals surface area contributed by atoms with Crippen molar-refractivity contribution in [2.45, 2.75) is 13.0 Å². The highest BCUT2D eigenvalue weighted by molar-refractivity contribution is 5.95. The molecule has 9 heteroatoms. The van der Waals surface area contributed by atoms with Crippen molar-refractivity contribution in [1.82, 2.24) is 14.8 Å². The number of hydrogen-bond acceptors (Lipinski definition) is 6. The Labute approximate surface area is 172 Å². The second kappa shape index (κ2) is 7.51. The van der Waals surface area contributed by atoms with E-state index in [0.29, 0.717) is 34.5 Å². The molecule has 1 aromatic heterocycles. The zero-order chi connectivity index (χ0) is 21.4. The minimum Gasteiger partial charge on any atom is -0.497 e. The highest BCUT2D eigenvalue weighted by Crippen LogP contribution is 2.37. The summed E-state index contributed by atoms with van der Waals surface area (Å²) in [6, 6.07) is 10.6. The highest BCUT2D eigenvalue weighted by Gasteiger charge is 2.34. The second-order valence-corrected chi connectivity index (χ2v) is 6.76. The highest BCUT2D eigenvalue weighted by atomic mass is 19.1. The molecule has 0 aliphatic carbocycles. The van der Waals surface area contributed by atoms with E-state index in [0.717, 1.165) is 0 Å². The van der Waals surface area contributed by atoms with Crippen LogP contribution in [0.2, 0.25) is 0 Å². The molecule has 0 bridgehead atoms. The molecule has 154 valence electrons. The fourth-order valence-electron chi connectivity index (χ4n) is 3.51. The first-order chi connectivity index (χ1) is 14.4. The van der Waals surface area contributed by atoms with Gasteiger partial charge >= 0.3 is 0 Å². The molecule has 1 aliphatic rings. The summed E-state index contributed by atoms with van der Waals surface area (Å²) in [6.45, 7) is 1.69. The molecule has 0 saturated heterocycles. The Morgan fingerprint density at radius 3 is 2.43 bits per heavy atom. The summed E-state index contributed by atoms with van der Waals surface area (Å²) in [7, 11) is 3.10. The molecule has 2 heterocycles. The van der Waals surface area contributed by atoms with Gasteiger partial charge in [0.15, 0.2) is 5.82 Å². The Morgan fingerprint density at radius 2 is 1.83 bits per heavy atom. The number of allylic oxidation sites excluding steroid dienone is 1. The molecule has 2 aromatic carbocycles. The van der Waals surface area contributed by atoms with Gasteiger partial charge in [0.05, 0.1) is 19.8 Å². The van der Waals surface area contributed by atoms with Gasteiger partial charge in [0.25, 0.3) is 0 Å². The van der Waals surface area contributed by atoms with Gasteiger partial charge in [-0.25, -0.2) is 9.07 Å². The summed E-state index contributed by atoms with van der Waals surface area (Å²) >= 11 is 0. The first-order valence-electron chi connectivity index (χ1n) is 9.15. The van der Waals surface area contributed by atoms with Gasteiger partial charge in [-0.3, -0.25) is 4.79 Å². The van der Waals surface area contributed by atoms with Crippen molar-refractivity contribution in [2.75, 3.05) is 19.5 Å². The molecular formula is C21H20FN5O3. The third-order valence-corrected chi connectivity index (χ3v) is 4.93. The van der Waals surface area contributed by atoms with Crippen LogP contribution in [0.3, 0.4) is 0 Å². The van der Waals surface area contributed by atoms with Crippen LogP contribution >= 0.6 is 0 Å². The van der Waals surface area contributed by atoms with E-state index in [9.17, 15) is 9.18 Å². The monoisotopic (exact) mass is 409 g/mol. The van der Waals surface area contributed by atoms with E-state index in [1.807, 2.05) is 0 Å². The van der Waals surface area contributed by atoms with Crippen molar-refractivity contribution in [2.24, 2.45) is 5.73 Å². The fourth-order valence-corrected chi connectivity index (χ4v) is 3.51. The maximum absolute atomic E-state index is 14.7. The predicted octanol–water partition coefficient (Wildman–Crippen LogP) is 2.88. The lowest BCUT2D eigenvalue weighted by Crippen LogP contribution is -2.32. The van der Waals surface area contributed by atoms with Crippen molar-refractivity contribution < 1.29 is 18.7 Å². The van der Waals surface area contributed by atoms with Crippen LogP contribution in [-0.2, 0) is 4.79 Å². The molecule has 3 aromatic rings. The number of ether oxygens (including phenoxy) is 2. The van der Waals surface area contributed by atoms with Gasteiger partial charge in [-0.1, -0.05) is 18.2 Å². The molecule has 4 rings (SSSR count). The van der Waals surface area contributed by atoms with Crippen LogP contribution in [0, 0.1) is 5.82 Å². The zero-order valence-electron chi connectivity index (χ0n) is 16.6. The Kier molecular flexibility index (Phi) is 4.86. The zero-order valence-corrected chi connectivity index (χ0v) is 16.6. The standard InChI is InChI=1S/C21H20FN5O3/c1-11-17(19(23)28)18(15-6-4-5-7-16(15)22)27-21(24-11)25-20(26-27)12-8-13(29-2)10-14(9-12)30-3/h4-10,18H,1-3H3,(H2,23,28)(H,24,25,26). The maximum atomic E-state index is 14.7. The van der Waals surface area contributed by atoms with Gasteiger partial charge in [-0.15, -0.1) is 5.10 Å². The summed E-state index contributed by atoms with van der Waals surface area (Å²) in [5.41, 5.74) is 7.25. The average molecular weight is 409 g/mol. The van der Waals surface area contributed by atoms with Crippen LogP contribution in [0.25, 0.3) is 11.4 Å². The quantitative estimate of drug-likeness (QED) is 0.672. The van der Waals surface area contributed by atoms with Gasteiger partial charge < -0.3 is 20.5 Å². The minimum absolute atomic E-state index is 0.215. The molecule has 0 saturated carbocycles. The molecular weight excluding hydrogens is 389 g/mol. The fraction of sp³-hybridized carbons (Fsp3) is 0.190. The number of amides is 1. The Balaban J connectivity index is 1.90. The summed E-state index contributed by atoms with van der Waals surface area (Å²) in [5, 5.41) is 7.60. The van der Waals surface area contributed by atoms with Crippen molar-refractivity contribution in [3.05, 3.63) is 65.1 Å². The van der Waals surface area contributed by atoms with Gasteiger partial charge in [0, 0.05) is 22.9 Å². The number of hydrogen-bond donors (Lipinski definition) is 2. The van der Waals surface area contributed by atoms with Crippen molar-refractivity contribution in [3.8, 4) is 22.9 Å². The number of primary amides is 1. The van der Waals surface area contributed by atoms with E-state index in [-0.39, 0.29) is 11.1 Å². The van der Waals surface area contributed by atoms with Gasteiger partial charge in [-0.05, 0) is 25.1 Å². The van der Waals surface area contributed by atoms with E-state index in [1.165, 1.54) is 10.7 Å². The number of benzene rings is 2. The number of anilines is 1. The normalized spacial score (nSPS) is 15.4. The van der Waals surface area contributed by atoms with E-state index in [1.54, 1.807) is 57.5 Å². The third kappa shape index (κ3) is 3.24. The topological polar surface area (TPSA) is 104 Å². The van der Waals surface area contributed by atoms with Crippen LogP contribution in [-0.4, -0.2) is 34.9 Å². The summed E-state index contributed by atoms with van der Waals surface area (Å²) in [6.07, 6.45) is 0. The van der Waals surface area contributed by atoms with Gasteiger partial charge in [-0.2, -0.15) is 4.98 Å². The molecule has 8 nitrogen and oxygen atoms in total. The molecule has 3 N–H and O–H groups in total. The van der Waals surface area contributed by atoms with E-state index in [2.05, 4.69) is 15.4 Å². The lowest BCUT2D eigenvalue weighted by Gasteiger charge is -2.27. The number of methoxy groups -OCH3 is 2. The number of fused-ring (bicyclic) bond motifs is 1. The smallest absolute Gasteiger partial charge is 0.248 e.